The molecule has 104 valence electrons. The molecule has 0 amide bonds. The van der Waals surface area contributed by atoms with Crippen LogP contribution in [0.5, 0.6) is 11.5 Å². The van der Waals surface area contributed by atoms with Crippen LogP contribution in [-0.2, 0) is 6.54 Å². The van der Waals surface area contributed by atoms with E-state index in [1.807, 2.05) is 25.2 Å². The van der Waals surface area contributed by atoms with Gasteiger partial charge in [0, 0.05) is 12.6 Å². The van der Waals surface area contributed by atoms with Crippen LogP contribution in [0.3, 0.4) is 0 Å². The number of ether oxygens (including phenoxy) is 1. The standard InChI is InChI=1S/C15H16N2O3/c1-11-5-3-8-14(17(18)19)15(11)20-13-7-4-6-12(9-13)10-16-2/h3-9,16H,10H2,1-2H3. The Morgan fingerprint density at radius 2 is 2.00 bits per heavy atom. The van der Waals surface area contributed by atoms with E-state index in [0.717, 1.165) is 11.1 Å². The Morgan fingerprint density at radius 3 is 2.70 bits per heavy atom. The van der Waals surface area contributed by atoms with Gasteiger partial charge in [0.05, 0.1) is 4.92 Å². The van der Waals surface area contributed by atoms with E-state index >= 15 is 0 Å². The van der Waals surface area contributed by atoms with Crippen LogP contribution >= 0.6 is 0 Å². The van der Waals surface area contributed by atoms with Gasteiger partial charge in [0.1, 0.15) is 5.75 Å². The Hall–Kier alpha value is -2.40. The summed E-state index contributed by atoms with van der Waals surface area (Å²) in [6, 6.07) is 12.4. The van der Waals surface area contributed by atoms with Gasteiger partial charge in [-0.1, -0.05) is 24.3 Å². The highest BCUT2D eigenvalue weighted by atomic mass is 16.6. The van der Waals surface area contributed by atoms with E-state index in [1.54, 1.807) is 25.1 Å². The summed E-state index contributed by atoms with van der Waals surface area (Å²) in [6.07, 6.45) is 0. The molecule has 0 aliphatic rings. The van der Waals surface area contributed by atoms with Gasteiger partial charge in [-0.2, -0.15) is 0 Å². The number of hydrogen-bond donors (Lipinski definition) is 1. The van der Waals surface area contributed by atoms with E-state index < -0.39 is 4.92 Å². The number of benzene rings is 2. The Labute approximate surface area is 117 Å². The maximum Gasteiger partial charge on any atom is 0.311 e. The molecular formula is C15H16N2O3. The maximum absolute atomic E-state index is 11.0. The van der Waals surface area contributed by atoms with Crippen LogP contribution in [0.2, 0.25) is 0 Å². The summed E-state index contributed by atoms with van der Waals surface area (Å²) in [5.41, 5.74) is 1.77. The molecule has 0 radical (unpaired) electrons. The van der Waals surface area contributed by atoms with Crippen LogP contribution in [0, 0.1) is 17.0 Å². The van der Waals surface area contributed by atoms with Crippen molar-refractivity contribution in [1.29, 1.82) is 0 Å². The minimum Gasteiger partial charge on any atom is -0.450 e. The van der Waals surface area contributed by atoms with Crippen LogP contribution in [0.25, 0.3) is 0 Å². The molecule has 20 heavy (non-hydrogen) atoms. The molecule has 0 unspecified atom stereocenters. The molecule has 5 nitrogen and oxygen atoms in total. The second-order valence-corrected chi connectivity index (χ2v) is 4.46. The number of nitro benzene ring substituents is 1. The first-order valence-electron chi connectivity index (χ1n) is 6.27. The van der Waals surface area contributed by atoms with E-state index in [2.05, 4.69) is 5.32 Å². The fourth-order valence-corrected chi connectivity index (χ4v) is 1.95. The Bertz CT molecular complexity index is 626. The topological polar surface area (TPSA) is 64.4 Å². The normalized spacial score (nSPS) is 10.3. The third-order valence-electron chi connectivity index (χ3n) is 2.89. The Kier molecular flexibility index (Phi) is 4.32. The van der Waals surface area contributed by atoms with Gasteiger partial charge in [-0.3, -0.25) is 10.1 Å². The lowest BCUT2D eigenvalue weighted by Crippen LogP contribution is -2.04. The van der Waals surface area contributed by atoms with Crippen molar-refractivity contribution in [1.82, 2.24) is 5.32 Å². The van der Waals surface area contributed by atoms with Gasteiger partial charge >= 0.3 is 5.69 Å². The van der Waals surface area contributed by atoms with E-state index in [-0.39, 0.29) is 5.69 Å². The summed E-state index contributed by atoms with van der Waals surface area (Å²) in [5.74, 6) is 0.884. The van der Waals surface area contributed by atoms with Crippen LogP contribution in [-0.4, -0.2) is 12.0 Å². The molecule has 2 aromatic carbocycles. The molecule has 0 bridgehead atoms. The monoisotopic (exact) mass is 272 g/mol. The Morgan fingerprint density at radius 1 is 1.25 bits per heavy atom. The first-order valence-corrected chi connectivity index (χ1v) is 6.27. The molecule has 0 saturated carbocycles. The number of nitrogens with zero attached hydrogens (tertiary/aromatic N) is 1. The van der Waals surface area contributed by atoms with Gasteiger partial charge in [0.15, 0.2) is 0 Å². The number of nitro groups is 1. The molecule has 0 aromatic heterocycles. The van der Waals surface area contributed by atoms with Crippen molar-refractivity contribution in [2.75, 3.05) is 7.05 Å². The molecule has 0 spiro atoms. The van der Waals surface area contributed by atoms with E-state index in [1.165, 1.54) is 6.07 Å². The molecule has 0 saturated heterocycles. The highest BCUT2D eigenvalue weighted by Gasteiger charge is 2.17. The first-order chi connectivity index (χ1) is 9.61. The lowest BCUT2D eigenvalue weighted by atomic mass is 10.2. The SMILES string of the molecule is CNCc1cccc(Oc2c(C)cccc2[N+](=O)[O-])c1. The van der Waals surface area contributed by atoms with E-state index in [0.29, 0.717) is 18.0 Å². The molecule has 1 N–H and O–H groups in total. The number of para-hydroxylation sites is 1. The number of aryl methyl sites for hydroxylation is 1. The molecule has 0 atom stereocenters. The summed E-state index contributed by atoms with van der Waals surface area (Å²) in [6.45, 7) is 2.51. The Balaban J connectivity index is 2.34. The van der Waals surface area contributed by atoms with Crippen molar-refractivity contribution in [3.8, 4) is 11.5 Å². The van der Waals surface area contributed by atoms with E-state index in [9.17, 15) is 10.1 Å². The van der Waals surface area contributed by atoms with Crippen molar-refractivity contribution in [3.63, 3.8) is 0 Å². The van der Waals surface area contributed by atoms with Crippen LogP contribution in [0.4, 0.5) is 5.69 Å². The molecular weight excluding hydrogens is 256 g/mol. The zero-order chi connectivity index (χ0) is 14.5. The molecule has 2 aromatic rings. The van der Waals surface area contributed by atoms with Crippen molar-refractivity contribution in [2.24, 2.45) is 0 Å². The van der Waals surface area contributed by atoms with Gasteiger partial charge in [0.2, 0.25) is 5.75 Å². The van der Waals surface area contributed by atoms with Crippen molar-refractivity contribution in [3.05, 3.63) is 63.7 Å². The smallest absolute Gasteiger partial charge is 0.311 e. The summed E-state index contributed by atoms with van der Waals surface area (Å²) >= 11 is 0. The average Bonchev–Trinajstić information content (AvgIpc) is 2.41. The fourth-order valence-electron chi connectivity index (χ4n) is 1.95. The molecule has 0 aliphatic heterocycles. The maximum atomic E-state index is 11.0. The summed E-state index contributed by atoms with van der Waals surface area (Å²) in [5, 5.41) is 14.1. The minimum atomic E-state index is -0.431. The van der Waals surface area contributed by atoms with Crippen LogP contribution in [0.1, 0.15) is 11.1 Å². The molecule has 2 rings (SSSR count). The zero-order valence-electron chi connectivity index (χ0n) is 11.4. The molecule has 5 heteroatoms. The van der Waals surface area contributed by atoms with Crippen LogP contribution in [0.15, 0.2) is 42.5 Å². The molecule has 0 fully saturated rings. The third kappa shape index (κ3) is 3.13. The molecule has 0 aliphatic carbocycles. The highest BCUT2D eigenvalue weighted by molar-refractivity contribution is 5.53. The van der Waals surface area contributed by atoms with Gasteiger partial charge in [-0.25, -0.2) is 0 Å². The first kappa shape index (κ1) is 14.0. The highest BCUT2D eigenvalue weighted by Crippen LogP contribution is 2.34. The summed E-state index contributed by atoms with van der Waals surface area (Å²) < 4.78 is 5.72. The average molecular weight is 272 g/mol. The minimum absolute atomic E-state index is 0.0241. The van der Waals surface area contributed by atoms with Gasteiger partial charge < -0.3 is 10.1 Å². The largest absolute Gasteiger partial charge is 0.450 e. The lowest BCUT2D eigenvalue weighted by Gasteiger charge is -2.10. The quantitative estimate of drug-likeness (QED) is 0.669. The van der Waals surface area contributed by atoms with E-state index in [4.69, 9.17) is 4.74 Å². The summed E-state index contributed by atoms with van der Waals surface area (Å²) in [4.78, 5) is 10.6. The van der Waals surface area contributed by atoms with Crippen molar-refractivity contribution in [2.45, 2.75) is 13.5 Å². The van der Waals surface area contributed by atoms with Crippen LogP contribution < -0.4 is 10.1 Å². The fraction of sp³-hybridized carbons (Fsp3) is 0.200. The second-order valence-electron chi connectivity index (χ2n) is 4.46. The van der Waals surface area contributed by atoms with Crippen molar-refractivity contribution >= 4 is 5.69 Å². The third-order valence-corrected chi connectivity index (χ3v) is 2.89. The number of nitrogens with one attached hydrogen (secondary N) is 1. The second kappa shape index (κ2) is 6.16. The van der Waals surface area contributed by atoms with Crippen molar-refractivity contribution < 1.29 is 9.66 Å². The number of rotatable bonds is 5. The molecule has 0 heterocycles. The van der Waals surface area contributed by atoms with Gasteiger partial charge in [0.25, 0.3) is 0 Å². The summed E-state index contributed by atoms with van der Waals surface area (Å²) in [7, 11) is 1.86. The zero-order valence-corrected chi connectivity index (χ0v) is 11.4. The lowest BCUT2D eigenvalue weighted by molar-refractivity contribution is -0.385. The predicted molar refractivity (Wildman–Crippen MR) is 77.1 cm³/mol. The van der Waals surface area contributed by atoms with Gasteiger partial charge in [-0.05, 0) is 37.2 Å². The predicted octanol–water partition coefficient (Wildman–Crippen LogP) is 3.41. The number of hydrogen-bond acceptors (Lipinski definition) is 4. The van der Waals surface area contributed by atoms with Gasteiger partial charge in [-0.15, -0.1) is 0 Å².